The number of non-ortho nitro benzene ring substituents is 1. The number of rotatable bonds is 4. The summed E-state index contributed by atoms with van der Waals surface area (Å²) in [5.41, 5.74) is -0.287. The molecule has 1 saturated heterocycles. The van der Waals surface area contributed by atoms with Crippen LogP contribution in [-0.2, 0) is 14.3 Å². The van der Waals surface area contributed by atoms with Gasteiger partial charge in [0.2, 0.25) is 5.91 Å². The van der Waals surface area contributed by atoms with Crippen molar-refractivity contribution >= 4 is 29.2 Å². The number of halogens is 1. The predicted molar refractivity (Wildman–Crippen MR) is 87.6 cm³/mol. The van der Waals surface area contributed by atoms with E-state index >= 15 is 0 Å². The van der Waals surface area contributed by atoms with E-state index in [0.717, 1.165) is 0 Å². The van der Waals surface area contributed by atoms with E-state index in [2.05, 4.69) is 0 Å². The number of hydrogen-bond donors (Lipinski definition) is 0. The third-order valence-electron chi connectivity index (χ3n) is 3.60. The number of amides is 1. The molecule has 0 bridgehead atoms. The summed E-state index contributed by atoms with van der Waals surface area (Å²) in [4.78, 5) is 36.0. The lowest BCUT2D eigenvalue weighted by atomic mass is 10.0. The van der Waals surface area contributed by atoms with E-state index in [9.17, 15) is 19.7 Å². The topological polar surface area (TPSA) is 89.8 Å². The van der Waals surface area contributed by atoms with Gasteiger partial charge in [0, 0.05) is 29.1 Å². The van der Waals surface area contributed by atoms with E-state index in [0.29, 0.717) is 17.0 Å². The monoisotopic (exact) mass is 354 g/mol. The summed E-state index contributed by atoms with van der Waals surface area (Å²) in [5.74, 6) is -0.724. The Labute approximate surface area is 144 Å². The molecule has 0 radical (unpaired) electrons. The lowest BCUT2D eigenvalue weighted by Gasteiger charge is -2.27. The third-order valence-corrected chi connectivity index (χ3v) is 3.94. The molecule has 1 aromatic rings. The Balaban J connectivity index is 2.26. The first-order valence-electron chi connectivity index (χ1n) is 7.53. The van der Waals surface area contributed by atoms with Crippen LogP contribution in [0.5, 0.6) is 0 Å². The second kappa shape index (κ2) is 6.76. The molecule has 24 heavy (non-hydrogen) atoms. The molecule has 2 rings (SSSR count). The van der Waals surface area contributed by atoms with Gasteiger partial charge in [-0.3, -0.25) is 19.7 Å². The summed E-state index contributed by atoms with van der Waals surface area (Å²) in [6, 6.07) is 3.62. The number of likely N-dealkylation sites (tertiary alicyclic amines) is 1. The number of ether oxygens (including phenoxy) is 1. The molecule has 1 atom stereocenters. The molecule has 1 amide bonds. The molecule has 1 aliphatic rings. The van der Waals surface area contributed by atoms with Gasteiger partial charge in [0.1, 0.15) is 12.1 Å². The molecule has 0 saturated carbocycles. The van der Waals surface area contributed by atoms with Gasteiger partial charge in [-0.2, -0.15) is 0 Å². The largest absolute Gasteiger partial charge is 0.459 e. The highest BCUT2D eigenvalue weighted by atomic mass is 35.5. The molecule has 0 aliphatic carbocycles. The summed E-state index contributed by atoms with van der Waals surface area (Å²) in [5, 5.41) is 11.3. The van der Waals surface area contributed by atoms with Gasteiger partial charge in [-0.1, -0.05) is 11.6 Å². The van der Waals surface area contributed by atoms with Crippen LogP contribution in [0.4, 0.5) is 5.69 Å². The third kappa shape index (κ3) is 4.23. The van der Waals surface area contributed by atoms with E-state index in [-0.39, 0.29) is 24.6 Å². The second-order valence-electron chi connectivity index (χ2n) is 6.63. The fourth-order valence-electron chi connectivity index (χ4n) is 2.67. The molecule has 130 valence electrons. The summed E-state index contributed by atoms with van der Waals surface area (Å²) in [6.07, 6.45) is 0.703. The Morgan fingerprint density at radius 1 is 1.46 bits per heavy atom. The van der Waals surface area contributed by atoms with Crippen molar-refractivity contribution in [3.8, 4) is 0 Å². The smallest absolute Gasteiger partial charge is 0.326 e. The lowest BCUT2D eigenvalue weighted by molar-refractivity contribution is -0.384. The minimum atomic E-state index is -0.654. The minimum Gasteiger partial charge on any atom is -0.459 e. The molecular formula is C16H19ClN2O5. The van der Waals surface area contributed by atoms with E-state index in [1.165, 1.54) is 23.1 Å². The van der Waals surface area contributed by atoms with Crippen LogP contribution in [0, 0.1) is 10.1 Å². The van der Waals surface area contributed by atoms with Gasteiger partial charge in [0.15, 0.2) is 0 Å². The van der Waals surface area contributed by atoms with Crippen LogP contribution in [0.3, 0.4) is 0 Å². The van der Waals surface area contributed by atoms with Gasteiger partial charge in [-0.05, 0) is 33.3 Å². The number of carbonyl (C=O) groups is 2. The predicted octanol–water partition coefficient (Wildman–Crippen LogP) is 3.25. The Kier molecular flexibility index (Phi) is 5.13. The molecule has 1 heterocycles. The van der Waals surface area contributed by atoms with E-state index in [1.807, 2.05) is 0 Å². The summed E-state index contributed by atoms with van der Waals surface area (Å²) in [7, 11) is 0. The fourth-order valence-corrected chi connectivity index (χ4v) is 2.91. The Hall–Kier alpha value is -2.15. The Bertz CT molecular complexity index is 684. The highest BCUT2D eigenvalue weighted by Crippen LogP contribution is 2.38. The van der Waals surface area contributed by atoms with Gasteiger partial charge < -0.3 is 9.64 Å². The van der Waals surface area contributed by atoms with Crippen molar-refractivity contribution in [3.05, 3.63) is 38.9 Å². The maximum Gasteiger partial charge on any atom is 0.326 e. The van der Waals surface area contributed by atoms with Crippen LogP contribution < -0.4 is 0 Å². The van der Waals surface area contributed by atoms with Crippen LogP contribution in [0.15, 0.2) is 18.2 Å². The van der Waals surface area contributed by atoms with Gasteiger partial charge in [-0.15, -0.1) is 0 Å². The number of esters is 1. The van der Waals surface area contributed by atoms with E-state index in [1.54, 1.807) is 20.8 Å². The van der Waals surface area contributed by atoms with Crippen LogP contribution in [0.2, 0.25) is 5.02 Å². The number of carbonyl (C=O) groups excluding carboxylic acids is 2. The molecule has 1 aliphatic heterocycles. The first-order chi connectivity index (χ1) is 11.1. The van der Waals surface area contributed by atoms with E-state index < -0.39 is 22.5 Å². The first kappa shape index (κ1) is 18.2. The Morgan fingerprint density at radius 3 is 2.71 bits per heavy atom. The van der Waals surface area contributed by atoms with Gasteiger partial charge >= 0.3 is 5.97 Å². The van der Waals surface area contributed by atoms with Crippen molar-refractivity contribution in [3.63, 3.8) is 0 Å². The van der Waals surface area contributed by atoms with Gasteiger partial charge in [0.05, 0.1) is 11.0 Å². The lowest BCUT2D eigenvalue weighted by Crippen LogP contribution is -2.37. The normalized spacial score (nSPS) is 17.9. The van der Waals surface area contributed by atoms with Crippen LogP contribution in [0.1, 0.15) is 45.2 Å². The number of benzene rings is 1. The zero-order chi connectivity index (χ0) is 18.1. The zero-order valence-electron chi connectivity index (χ0n) is 13.7. The van der Waals surface area contributed by atoms with Gasteiger partial charge in [-0.25, -0.2) is 0 Å². The summed E-state index contributed by atoms with van der Waals surface area (Å²) < 4.78 is 5.25. The van der Waals surface area contributed by atoms with Crippen molar-refractivity contribution in [2.45, 2.75) is 45.3 Å². The maximum atomic E-state index is 12.1. The van der Waals surface area contributed by atoms with Crippen LogP contribution in [0.25, 0.3) is 0 Å². The van der Waals surface area contributed by atoms with E-state index in [4.69, 9.17) is 16.3 Å². The highest BCUT2D eigenvalue weighted by molar-refractivity contribution is 6.31. The number of nitrogens with zero attached hydrogens (tertiary/aromatic N) is 2. The van der Waals surface area contributed by atoms with Crippen molar-refractivity contribution in [2.24, 2.45) is 0 Å². The van der Waals surface area contributed by atoms with Crippen molar-refractivity contribution in [1.29, 1.82) is 0 Å². The quantitative estimate of drug-likeness (QED) is 0.470. The molecule has 7 nitrogen and oxygen atoms in total. The molecule has 1 unspecified atom stereocenters. The molecule has 1 aromatic carbocycles. The Morgan fingerprint density at radius 2 is 2.12 bits per heavy atom. The van der Waals surface area contributed by atoms with Crippen LogP contribution in [-0.4, -0.2) is 33.8 Å². The summed E-state index contributed by atoms with van der Waals surface area (Å²) >= 11 is 6.16. The molecular weight excluding hydrogens is 336 g/mol. The molecule has 1 fully saturated rings. The molecule has 0 aromatic heterocycles. The highest BCUT2D eigenvalue weighted by Gasteiger charge is 2.36. The number of hydrogen-bond acceptors (Lipinski definition) is 5. The standard InChI is InChI=1S/C16H19ClN2O5/c1-16(2,3)24-15(21)9-18-13(6-7-14(18)20)11-8-10(19(22)23)4-5-12(11)17/h4-5,8,13H,6-7,9H2,1-3H3. The fraction of sp³-hybridized carbons (Fsp3) is 0.500. The molecule has 8 heteroatoms. The average Bonchev–Trinajstić information content (AvgIpc) is 2.78. The maximum absolute atomic E-state index is 12.1. The van der Waals surface area contributed by atoms with Crippen LogP contribution >= 0.6 is 11.6 Å². The van der Waals surface area contributed by atoms with Crippen molar-refractivity contribution in [2.75, 3.05) is 6.54 Å². The SMILES string of the molecule is CC(C)(C)OC(=O)CN1C(=O)CCC1c1cc([N+](=O)[O-])ccc1Cl. The number of nitro benzene ring substituents is 1. The zero-order valence-corrected chi connectivity index (χ0v) is 14.5. The first-order valence-corrected chi connectivity index (χ1v) is 7.91. The second-order valence-corrected chi connectivity index (χ2v) is 7.03. The minimum absolute atomic E-state index is 0.106. The van der Waals surface area contributed by atoms with Crippen molar-refractivity contribution in [1.82, 2.24) is 4.90 Å². The molecule has 0 spiro atoms. The van der Waals surface area contributed by atoms with Gasteiger partial charge in [0.25, 0.3) is 5.69 Å². The average molecular weight is 355 g/mol. The number of nitro groups is 1. The summed E-state index contributed by atoms with van der Waals surface area (Å²) in [6.45, 7) is 5.02. The molecule has 0 N–H and O–H groups in total. The van der Waals surface area contributed by atoms with Crippen molar-refractivity contribution < 1.29 is 19.2 Å².